The van der Waals surface area contributed by atoms with Crippen LogP contribution in [0.1, 0.15) is 49.7 Å². The Kier molecular flexibility index (Phi) is 5.67. The first kappa shape index (κ1) is 17.8. The van der Waals surface area contributed by atoms with Crippen molar-refractivity contribution in [1.82, 2.24) is 0 Å². The van der Waals surface area contributed by atoms with Gasteiger partial charge in [-0.3, -0.25) is 4.79 Å². The lowest BCUT2D eigenvalue weighted by atomic mass is 9.64. The van der Waals surface area contributed by atoms with E-state index in [0.717, 1.165) is 36.8 Å². The van der Waals surface area contributed by atoms with Crippen LogP contribution in [-0.2, 0) is 10.2 Å². The predicted octanol–water partition coefficient (Wildman–Crippen LogP) is 3.62. The molecule has 0 aliphatic heterocycles. The van der Waals surface area contributed by atoms with Crippen molar-refractivity contribution in [2.24, 2.45) is 0 Å². The van der Waals surface area contributed by atoms with Crippen LogP contribution in [0.2, 0.25) is 0 Å². The maximum atomic E-state index is 13.4. The third-order valence-corrected chi connectivity index (χ3v) is 5.36. The van der Waals surface area contributed by atoms with Crippen LogP contribution in [0.25, 0.3) is 0 Å². The quantitative estimate of drug-likeness (QED) is 0.879. The fourth-order valence-corrected chi connectivity index (χ4v) is 4.03. The molecular formula is C22H26O3. The summed E-state index contributed by atoms with van der Waals surface area (Å²) in [5.41, 5.74) is 0.274. The van der Waals surface area contributed by atoms with E-state index in [1.807, 2.05) is 60.7 Å². The topological polar surface area (TPSA) is 57.5 Å². The van der Waals surface area contributed by atoms with Crippen LogP contribution in [0.3, 0.4) is 0 Å². The van der Waals surface area contributed by atoms with E-state index in [0.29, 0.717) is 12.8 Å². The Morgan fingerprint density at radius 1 is 0.760 bits per heavy atom. The normalized spacial score (nSPS) is 24.6. The van der Waals surface area contributed by atoms with Crippen LogP contribution in [-0.4, -0.2) is 28.2 Å². The Hall–Kier alpha value is -1.97. The lowest BCUT2D eigenvalue weighted by Gasteiger charge is -2.40. The van der Waals surface area contributed by atoms with Crippen LogP contribution in [0.5, 0.6) is 0 Å². The van der Waals surface area contributed by atoms with E-state index in [2.05, 4.69) is 0 Å². The number of ketones is 1. The molecule has 2 aromatic carbocycles. The molecule has 1 saturated carbocycles. The highest BCUT2D eigenvalue weighted by Crippen LogP contribution is 2.40. The third-order valence-electron chi connectivity index (χ3n) is 5.36. The van der Waals surface area contributed by atoms with Gasteiger partial charge in [-0.05, 0) is 24.0 Å². The zero-order chi connectivity index (χ0) is 17.7. The number of Topliss-reactive ketones (excluding diaryl/α,β-unsaturated/α-hetero) is 1. The summed E-state index contributed by atoms with van der Waals surface area (Å²) < 4.78 is 0. The second kappa shape index (κ2) is 7.94. The Morgan fingerprint density at radius 3 is 1.84 bits per heavy atom. The Morgan fingerprint density at radius 2 is 1.28 bits per heavy atom. The van der Waals surface area contributed by atoms with E-state index >= 15 is 0 Å². The second-order valence-corrected chi connectivity index (χ2v) is 6.93. The van der Waals surface area contributed by atoms with Gasteiger partial charge in [-0.1, -0.05) is 79.9 Å². The number of hydrogen-bond acceptors (Lipinski definition) is 3. The maximum Gasteiger partial charge on any atom is 0.150 e. The zero-order valence-corrected chi connectivity index (χ0v) is 14.5. The van der Waals surface area contributed by atoms with Crippen LogP contribution < -0.4 is 0 Å². The number of hydrogen-bond donors (Lipinski definition) is 2. The minimum atomic E-state index is -1.22. The summed E-state index contributed by atoms with van der Waals surface area (Å²) in [4.78, 5) is 13.4. The molecule has 1 fully saturated rings. The average Bonchev–Trinajstić information content (AvgIpc) is 2.66. The molecule has 0 amide bonds. The highest BCUT2D eigenvalue weighted by Gasteiger charge is 2.49. The molecule has 0 bridgehead atoms. The molecular weight excluding hydrogens is 312 g/mol. The van der Waals surface area contributed by atoms with Gasteiger partial charge in [0.05, 0.1) is 6.10 Å². The van der Waals surface area contributed by atoms with Crippen molar-refractivity contribution in [2.45, 2.75) is 56.1 Å². The molecule has 0 aromatic heterocycles. The van der Waals surface area contributed by atoms with E-state index in [-0.39, 0.29) is 5.78 Å². The fraction of sp³-hybridized carbons (Fsp3) is 0.409. The van der Waals surface area contributed by atoms with Crippen LogP contribution in [0.4, 0.5) is 0 Å². The minimum Gasteiger partial charge on any atom is -0.390 e. The zero-order valence-electron chi connectivity index (χ0n) is 14.5. The summed E-state index contributed by atoms with van der Waals surface area (Å²) in [5, 5.41) is 21.9. The monoisotopic (exact) mass is 338 g/mol. The van der Waals surface area contributed by atoms with Gasteiger partial charge in [0.25, 0.3) is 0 Å². The Bertz CT molecular complexity index is 641. The van der Waals surface area contributed by atoms with Crippen molar-refractivity contribution >= 4 is 5.78 Å². The van der Waals surface area contributed by atoms with Gasteiger partial charge in [0.2, 0.25) is 0 Å². The van der Waals surface area contributed by atoms with Crippen molar-refractivity contribution in [3.8, 4) is 0 Å². The van der Waals surface area contributed by atoms with Gasteiger partial charge in [-0.15, -0.1) is 0 Å². The van der Waals surface area contributed by atoms with Crippen molar-refractivity contribution < 1.29 is 15.0 Å². The number of aliphatic hydroxyl groups excluding tert-OH is 2. The molecule has 132 valence electrons. The standard InChI is InChI=1S/C22H26O3/c23-19-15-9-1-2-10-16-20(24)22(21(19)25,17-11-5-3-6-12-17)18-13-7-4-8-14-18/h3-8,11-14,19,21,23,25H,1-2,9-10,15-16H2. The number of aliphatic hydroxyl groups is 2. The second-order valence-electron chi connectivity index (χ2n) is 6.93. The summed E-state index contributed by atoms with van der Waals surface area (Å²) in [6.07, 6.45) is 2.48. The Balaban J connectivity index is 2.22. The van der Waals surface area contributed by atoms with E-state index in [1.165, 1.54) is 0 Å². The fourth-order valence-electron chi connectivity index (χ4n) is 4.03. The summed E-state index contributed by atoms with van der Waals surface area (Å²) in [7, 11) is 0. The first-order valence-corrected chi connectivity index (χ1v) is 9.18. The van der Waals surface area contributed by atoms with Crippen LogP contribution >= 0.6 is 0 Å². The number of carbonyl (C=O) groups is 1. The summed E-state index contributed by atoms with van der Waals surface area (Å²) in [5.74, 6) is -0.0154. The Labute approximate surface area is 149 Å². The number of carbonyl (C=O) groups excluding carboxylic acids is 1. The smallest absolute Gasteiger partial charge is 0.150 e. The SMILES string of the molecule is O=C1CCCCCCC(O)C(O)C1(c1ccccc1)c1ccccc1. The van der Waals surface area contributed by atoms with Gasteiger partial charge in [-0.25, -0.2) is 0 Å². The maximum absolute atomic E-state index is 13.4. The van der Waals surface area contributed by atoms with Crippen molar-refractivity contribution in [3.05, 3.63) is 71.8 Å². The first-order chi connectivity index (χ1) is 12.2. The lowest BCUT2D eigenvalue weighted by Crippen LogP contribution is -2.53. The van der Waals surface area contributed by atoms with Gasteiger partial charge in [0.1, 0.15) is 11.5 Å². The van der Waals surface area contributed by atoms with E-state index in [9.17, 15) is 15.0 Å². The highest BCUT2D eigenvalue weighted by atomic mass is 16.3. The van der Waals surface area contributed by atoms with E-state index < -0.39 is 17.6 Å². The van der Waals surface area contributed by atoms with E-state index in [1.54, 1.807) is 0 Å². The van der Waals surface area contributed by atoms with Crippen LogP contribution in [0, 0.1) is 0 Å². The molecule has 0 heterocycles. The molecule has 2 aromatic rings. The van der Waals surface area contributed by atoms with Crippen molar-refractivity contribution in [2.75, 3.05) is 0 Å². The molecule has 1 aliphatic rings. The summed E-state index contributed by atoms with van der Waals surface area (Å²) in [6.45, 7) is 0. The molecule has 2 unspecified atom stereocenters. The molecule has 2 N–H and O–H groups in total. The molecule has 0 saturated heterocycles. The van der Waals surface area contributed by atoms with Gasteiger partial charge in [-0.2, -0.15) is 0 Å². The molecule has 0 radical (unpaired) electrons. The summed E-state index contributed by atoms with van der Waals surface area (Å²) >= 11 is 0. The molecule has 3 heteroatoms. The van der Waals surface area contributed by atoms with Gasteiger partial charge >= 0.3 is 0 Å². The first-order valence-electron chi connectivity index (χ1n) is 9.18. The predicted molar refractivity (Wildman–Crippen MR) is 98.4 cm³/mol. The van der Waals surface area contributed by atoms with Gasteiger partial charge < -0.3 is 10.2 Å². The molecule has 0 spiro atoms. The number of rotatable bonds is 2. The van der Waals surface area contributed by atoms with E-state index in [4.69, 9.17) is 0 Å². The third kappa shape index (κ3) is 3.39. The minimum absolute atomic E-state index is 0.0154. The molecule has 3 nitrogen and oxygen atoms in total. The van der Waals surface area contributed by atoms with Gasteiger partial charge in [0.15, 0.2) is 5.78 Å². The molecule has 25 heavy (non-hydrogen) atoms. The molecule has 2 atom stereocenters. The molecule has 3 rings (SSSR count). The van der Waals surface area contributed by atoms with Crippen molar-refractivity contribution in [3.63, 3.8) is 0 Å². The number of benzene rings is 2. The summed E-state index contributed by atoms with van der Waals surface area (Å²) in [6, 6.07) is 18.8. The largest absolute Gasteiger partial charge is 0.390 e. The van der Waals surface area contributed by atoms with Crippen LogP contribution in [0.15, 0.2) is 60.7 Å². The molecule has 1 aliphatic carbocycles. The highest BCUT2D eigenvalue weighted by molar-refractivity contribution is 5.94. The van der Waals surface area contributed by atoms with Gasteiger partial charge in [0, 0.05) is 6.42 Å². The lowest BCUT2D eigenvalue weighted by molar-refractivity contribution is -0.131. The average molecular weight is 338 g/mol. The van der Waals surface area contributed by atoms with Crippen molar-refractivity contribution in [1.29, 1.82) is 0 Å².